The molecule has 11 aromatic rings. The summed E-state index contributed by atoms with van der Waals surface area (Å²) in [5, 5.41) is 4.50. The molecule has 0 saturated heterocycles. The van der Waals surface area contributed by atoms with Gasteiger partial charge in [0.25, 0.3) is 5.89 Å². The highest BCUT2D eigenvalue weighted by molar-refractivity contribution is 5.91. The van der Waals surface area contributed by atoms with Crippen LogP contribution < -0.4 is 9.80 Å². The Balaban J connectivity index is 0.837. The minimum Gasteiger partial charge on any atom is -0.334 e. The molecule has 0 spiro atoms. The highest BCUT2D eigenvalue weighted by atomic mass is 16.5. The molecule has 326 valence electrons. The molecule has 0 saturated carbocycles. The van der Waals surface area contributed by atoms with Crippen molar-refractivity contribution in [2.45, 2.75) is 10.8 Å². The largest absolute Gasteiger partial charge is 0.334 e. The van der Waals surface area contributed by atoms with Gasteiger partial charge in [-0.15, -0.1) is 0 Å². The van der Waals surface area contributed by atoms with Gasteiger partial charge in [0.05, 0.1) is 33.6 Å². The third-order valence-corrected chi connectivity index (χ3v) is 14.2. The summed E-state index contributed by atoms with van der Waals surface area (Å²) in [6, 6.07) is 95.8. The van der Waals surface area contributed by atoms with Gasteiger partial charge in [-0.25, -0.2) is 0 Å². The number of nitrogens with zero attached hydrogens (tertiary/aromatic N) is 4. The van der Waals surface area contributed by atoms with Crippen molar-refractivity contribution < 1.29 is 4.52 Å². The van der Waals surface area contributed by atoms with E-state index in [0.717, 1.165) is 45.3 Å². The summed E-state index contributed by atoms with van der Waals surface area (Å²) in [5.41, 5.74) is 17.1. The van der Waals surface area contributed by atoms with E-state index in [2.05, 4.69) is 282 Å². The molecule has 1 aromatic heterocycles. The number of anilines is 6. The summed E-state index contributed by atoms with van der Waals surface area (Å²) >= 11 is 0. The maximum Gasteiger partial charge on any atom is 0.258 e. The molecule has 0 amide bonds. The van der Waals surface area contributed by atoms with E-state index in [4.69, 9.17) is 9.51 Å². The summed E-state index contributed by atoms with van der Waals surface area (Å²) in [7, 11) is 0. The third-order valence-electron chi connectivity index (χ3n) is 14.2. The van der Waals surface area contributed by atoms with Crippen LogP contribution in [0.3, 0.4) is 0 Å². The lowest BCUT2D eigenvalue weighted by Crippen LogP contribution is -2.37. The number of hydrogen-bond acceptors (Lipinski definition) is 5. The van der Waals surface area contributed by atoms with Gasteiger partial charge in [0.2, 0.25) is 5.82 Å². The van der Waals surface area contributed by atoms with Gasteiger partial charge in [0, 0.05) is 22.5 Å². The van der Waals surface area contributed by atoms with E-state index < -0.39 is 10.8 Å². The molecular weight excluding hydrogens is 841 g/mol. The van der Waals surface area contributed by atoms with Crippen LogP contribution in [-0.2, 0) is 10.8 Å². The zero-order valence-electron chi connectivity index (χ0n) is 37.6. The Labute approximate surface area is 401 Å². The van der Waals surface area contributed by atoms with E-state index in [1.165, 1.54) is 44.5 Å². The van der Waals surface area contributed by atoms with Crippen molar-refractivity contribution in [3.63, 3.8) is 0 Å². The second-order valence-corrected chi connectivity index (χ2v) is 17.7. The summed E-state index contributed by atoms with van der Waals surface area (Å²) < 4.78 is 5.99. The second-order valence-electron chi connectivity index (χ2n) is 17.7. The first-order valence-electron chi connectivity index (χ1n) is 23.5. The van der Waals surface area contributed by atoms with Crippen molar-refractivity contribution in [1.29, 1.82) is 0 Å². The summed E-state index contributed by atoms with van der Waals surface area (Å²) in [5.74, 6) is 0.994. The van der Waals surface area contributed by atoms with Crippen molar-refractivity contribution in [2.24, 2.45) is 0 Å². The third kappa shape index (κ3) is 6.17. The van der Waals surface area contributed by atoms with Gasteiger partial charge < -0.3 is 14.3 Å². The van der Waals surface area contributed by atoms with Crippen LogP contribution in [0.2, 0.25) is 0 Å². The van der Waals surface area contributed by atoms with Gasteiger partial charge in [-0.1, -0.05) is 199 Å². The minimum absolute atomic E-state index is 0.462. The molecule has 13 rings (SSSR count). The number of aromatic nitrogens is 2. The highest BCUT2D eigenvalue weighted by Crippen LogP contribution is 2.59. The van der Waals surface area contributed by atoms with Crippen molar-refractivity contribution in [3.8, 4) is 22.8 Å². The molecule has 0 fully saturated rings. The van der Waals surface area contributed by atoms with Crippen molar-refractivity contribution in [2.75, 3.05) is 9.80 Å². The maximum atomic E-state index is 5.99. The molecule has 2 aliphatic rings. The normalized spacial score (nSPS) is 14.0. The molecule has 3 heterocycles. The van der Waals surface area contributed by atoms with Crippen molar-refractivity contribution in [1.82, 2.24) is 10.1 Å². The van der Waals surface area contributed by atoms with Crippen LogP contribution >= 0.6 is 0 Å². The monoisotopic (exact) mass is 884 g/mol. The maximum absolute atomic E-state index is 5.99. The molecule has 10 aromatic carbocycles. The SMILES string of the molecule is c1ccc(C2(c3ccccc3)c3ccccc3N(c3ccc(-c4noc(-c5ccc(N6c7ccccc7C(c7ccccc7)(c7ccccc7)c7ccccc76)cc5)n4)cc3)c3ccccc32)cc1. The van der Waals surface area contributed by atoms with E-state index in [1.54, 1.807) is 0 Å². The van der Waals surface area contributed by atoms with E-state index in [1.807, 2.05) is 0 Å². The molecule has 5 nitrogen and oxygen atoms in total. The lowest BCUT2D eigenvalue weighted by atomic mass is 9.62. The van der Waals surface area contributed by atoms with E-state index >= 15 is 0 Å². The summed E-state index contributed by atoms with van der Waals surface area (Å²) in [6.45, 7) is 0. The molecule has 2 aliphatic heterocycles. The molecule has 0 aliphatic carbocycles. The Kier molecular flexibility index (Phi) is 9.55. The fraction of sp³-hybridized carbons (Fsp3) is 0.0312. The van der Waals surface area contributed by atoms with Crippen LogP contribution in [-0.4, -0.2) is 10.1 Å². The molecule has 0 N–H and O–H groups in total. The first kappa shape index (κ1) is 40.2. The summed E-state index contributed by atoms with van der Waals surface area (Å²) in [4.78, 5) is 9.70. The van der Waals surface area contributed by atoms with Crippen molar-refractivity contribution >= 4 is 34.1 Å². The van der Waals surface area contributed by atoms with Crippen LogP contribution in [0, 0.1) is 0 Å². The molecule has 69 heavy (non-hydrogen) atoms. The Morgan fingerprint density at radius 3 is 0.913 bits per heavy atom. The predicted molar refractivity (Wildman–Crippen MR) is 278 cm³/mol. The van der Waals surface area contributed by atoms with Gasteiger partial charge in [-0.05, 0) is 117 Å². The number of hydrogen-bond donors (Lipinski definition) is 0. The zero-order valence-corrected chi connectivity index (χ0v) is 37.6. The standard InChI is InChI=1S/C64H44N4O/c1-5-21-47(22-6-1)63(48-23-7-2-8-24-48)53-29-13-17-33-57(53)67(58-34-18-14-30-54(58)63)51-41-37-45(38-42-51)61-65-62(69-66-61)46-39-43-52(44-40-46)68-59-35-19-15-31-55(59)64(49-25-9-3-10-26-49,50-27-11-4-12-28-50)56-32-16-20-36-60(56)68/h1-44H. The van der Waals surface area contributed by atoms with Gasteiger partial charge in [-0.3, -0.25) is 0 Å². The van der Waals surface area contributed by atoms with Gasteiger partial charge in [-0.2, -0.15) is 4.98 Å². The first-order valence-corrected chi connectivity index (χ1v) is 23.5. The van der Waals surface area contributed by atoms with Crippen LogP contribution in [0.4, 0.5) is 34.1 Å². The average molecular weight is 885 g/mol. The fourth-order valence-electron chi connectivity index (χ4n) is 11.3. The number of fused-ring (bicyclic) bond motifs is 4. The van der Waals surface area contributed by atoms with E-state index in [9.17, 15) is 0 Å². The van der Waals surface area contributed by atoms with Gasteiger partial charge in [0.15, 0.2) is 0 Å². The Bertz CT molecular complexity index is 3190. The number of para-hydroxylation sites is 4. The Morgan fingerprint density at radius 1 is 0.290 bits per heavy atom. The van der Waals surface area contributed by atoms with Crippen LogP contribution in [0.15, 0.2) is 271 Å². The van der Waals surface area contributed by atoms with Crippen molar-refractivity contribution in [3.05, 3.63) is 311 Å². The smallest absolute Gasteiger partial charge is 0.258 e. The predicted octanol–water partition coefficient (Wildman–Crippen LogP) is 15.7. The molecular formula is C64H44N4O. The lowest BCUT2D eigenvalue weighted by Gasteiger charge is -2.46. The van der Waals surface area contributed by atoms with E-state index in [-0.39, 0.29) is 0 Å². The lowest BCUT2D eigenvalue weighted by molar-refractivity contribution is 0.432. The van der Waals surface area contributed by atoms with Gasteiger partial charge >= 0.3 is 0 Å². The zero-order chi connectivity index (χ0) is 45.8. The minimum atomic E-state index is -0.524. The quantitative estimate of drug-likeness (QED) is 0.152. The molecule has 0 unspecified atom stereocenters. The highest BCUT2D eigenvalue weighted by Gasteiger charge is 2.47. The van der Waals surface area contributed by atoms with Crippen LogP contribution in [0.5, 0.6) is 0 Å². The average Bonchev–Trinajstić information content (AvgIpc) is 3.94. The summed E-state index contributed by atoms with van der Waals surface area (Å²) in [6.07, 6.45) is 0. The molecule has 5 heteroatoms. The Hall–Kier alpha value is -9.06. The molecule has 0 radical (unpaired) electrons. The van der Waals surface area contributed by atoms with Crippen LogP contribution in [0.25, 0.3) is 22.8 Å². The fourth-order valence-corrected chi connectivity index (χ4v) is 11.3. The number of benzene rings is 10. The molecule has 0 atom stereocenters. The van der Waals surface area contributed by atoms with Gasteiger partial charge in [0.1, 0.15) is 0 Å². The topological polar surface area (TPSA) is 45.4 Å². The molecule has 0 bridgehead atoms. The van der Waals surface area contributed by atoms with Crippen LogP contribution in [0.1, 0.15) is 44.5 Å². The second kappa shape index (κ2) is 16.4. The Morgan fingerprint density at radius 2 is 0.580 bits per heavy atom. The van der Waals surface area contributed by atoms with E-state index in [0.29, 0.717) is 11.7 Å². The first-order chi connectivity index (χ1) is 34.2. The number of rotatable bonds is 8.